The Labute approximate surface area is 114 Å². The quantitative estimate of drug-likeness (QED) is 0.589. The fourth-order valence-corrected chi connectivity index (χ4v) is 2.32. The number of oxime groups is 1. The molecule has 0 fully saturated rings. The Bertz CT molecular complexity index is 536. The molecule has 106 valence electrons. The molecule has 0 spiro atoms. The molecule has 0 saturated heterocycles. The number of rotatable bonds is 6. The maximum atomic E-state index is 11.8. The summed E-state index contributed by atoms with van der Waals surface area (Å²) < 4.78 is 24.8. The van der Waals surface area contributed by atoms with Gasteiger partial charge in [-0.1, -0.05) is 35.0 Å². The largest absolute Gasteiger partial charge is 0.399 e. The molecule has 0 atom stereocenters. The van der Waals surface area contributed by atoms with E-state index in [9.17, 15) is 8.42 Å². The molecular weight excluding hydrogens is 264 g/mol. The minimum absolute atomic E-state index is 0.0671. The van der Waals surface area contributed by atoms with Crippen molar-refractivity contribution in [3.8, 4) is 0 Å². The van der Waals surface area contributed by atoms with Crippen LogP contribution >= 0.6 is 0 Å². The summed E-state index contributed by atoms with van der Waals surface area (Å²) in [5.74, 6) is 0.0671. The summed E-state index contributed by atoms with van der Waals surface area (Å²) in [7, 11) is -0.244. The normalized spacial score (nSPS) is 12.8. The van der Waals surface area contributed by atoms with Crippen molar-refractivity contribution < 1.29 is 13.3 Å². The van der Waals surface area contributed by atoms with Crippen LogP contribution in [0.5, 0.6) is 0 Å². The molecule has 0 aromatic heterocycles. The summed E-state index contributed by atoms with van der Waals surface area (Å²) in [5, 5.41) is 3.92. The summed E-state index contributed by atoms with van der Waals surface area (Å²) in [6.45, 7) is 3.79. The lowest BCUT2D eigenvalue weighted by Crippen LogP contribution is -2.33. The second kappa shape index (κ2) is 6.68. The van der Waals surface area contributed by atoms with Gasteiger partial charge in [-0.2, -0.15) is 4.31 Å². The number of sulfonamides is 1. The monoisotopic (exact) mass is 284 g/mol. The van der Waals surface area contributed by atoms with Gasteiger partial charge in [0.1, 0.15) is 12.8 Å². The number of hydrogen-bond donors (Lipinski definition) is 0. The first kappa shape index (κ1) is 15.7. The smallest absolute Gasteiger partial charge is 0.213 e. The van der Waals surface area contributed by atoms with Crippen LogP contribution in [0, 0.1) is 6.92 Å². The number of likely N-dealkylation sites (N-methyl/N-ethyl adjacent to an activating group) is 1. The Morgan fingerprint density at radius 3 is 2.37 bits per heavy atom. The maximum Gasteiger partial charge on any atom is 0.213 e. The van der Waals surface area contributed by atoms with Crippen molar-refractivity contribution in [3.05, 3.63) is 35.4 Å². The highest BCUT2D eigenvalue weighted by molar-refractivity contribution is 7.89. The molecule has 0 amide bonds. The highest BCUT2D eigenvalue weighted by Crippen LogP contribution is 2.08. The second-order valence-electron chi connectivity index (χ2n) is 4.24. The van der Waals surface area contributed by atoms with E-state index < -0.39 is 10.0 Å². The molecule has 0 saturated carbocycles. The second-order valence-corrected chi connectivity index (χ2v) is 6.61. The molecule has 5 nitrogen and oxygen atoms in total. The van der Waals surface area contributed by atoms with E-state index in [1.807, 2.05) is 31.2 Å². The van der Waals surface area contributed by atoms with Crippen LogP contribution in [0.1, 0.15) is 18.1 Å². The van der Waals surface area contributed by atoms with Crippen molar-refractivity contribution in [3.63, 3.8) is 0 Å². The molecule has 0 N–H and O–H groups in total. The van der Waals surface area contributed by atoms with E-state index >= 15 is 0 Å². The minimum atomic E-state index is -3.23. The highest BCUT2D eigenvalue weighted by Gasteiger charge is 2.18. The van der Waals surface area contributed by atoms with Crippen molar-refractivity contribution in [1.29, 1.82) is 0 Å². The van der Waals surface area contributed by atoms with Gasteiger partial charge in [0, 0.05) is 12.6 Å². The van der Waals surface area contributed by atoms with Crippen molar-refractivity contribution >= 4 is 15.7 Å². The van der Waals surface area contributed by atoms with Crippen LogP contribution in [0.25, 0.3) is 0 Å². The van der Waals surface area contributed by atoms with Gasteiger partial charge in [-0.15, -0.1) is 0 Å². The Kier molecular flexibility index (Phi) is 5.50. The van der Waals surface area contributed by atoms with E-state index in [0.29, 0.717) is 5.71 Å². The molecule has 1 aromatic rings. The van der Waals surface area contributed by atoms with E-state index in [1.54, 1.807) is 6.92 Å². The van der Waals surface area contributed by atoms with E-state index in [1.165, 1.54) is 18.5 Å². The van der Waals surface area contributed by atoms with Crippen LogP contribution in [0.3, 0.4) is 0 Å². The summed E-state index contributed by atoms with van der Waals surface area (Å²) in [5.41, 5.74) is 2.57. The SMILES string of the molecule is CCS(=O)(=O)N(C)C/C(=N/OC)c1ccc(C)cc1. The molecule has 0 radical (unpaired) electrons. The van der Waals surface area contributed by atoms with E-state index in [2.05, 4.69) is 5.16 Å². The fourth-order valence-electron chi connectivity index (χ4n) is 1.56. The van der Waals surface area contributed by atoms with Crippen molar-refractivity contribution in [2.45, 2.75) is 13.8 Å². The van der Waals surface area contributed by atoms with Gasteiger partial charge in [-0.3, -0.25) is 0 Å². The molecule has 19 heavy (non-hydrogen) atoms. The van der Waals surface area contributed by atoms with Crippen LogP contribution in [0.2, 0.25) is 0 Å². The highest BCUT2D eigenvalue weighted by atomic mass is 32.2. The first-order chi connectivity index (χ1) is 8.90. The van der Waals surface area contributed by atoms with Gasteiger partial charge in [-0.25, -0.2) is 8.42 Å². The zero-order valence-corrected chi connectivity index (χ0v) is 12.6. The van der Waals surface area contributed by atoms with Crippen LogP contribution in [-0.4, -0.2) is 44.9 Å². The van der Waals surface area contributed by atoms with E-state index in [4.69, 9.17) is 4.84 Å². The van der Waals surface area contributed by atoms with Gasteiger partial charge >= 0.3 is 0 Å². The van der Waals surface area contributed by atoms with Gasteiger partial charge in [0.15, 0.2) is 0 Å². The number of benzene rings is 1. The lowest BCUT2D eigenvalue weighted by molar-refractivity contribution is 0.212. The lowest BCUT2D eigenvalue weighted by atomic mass is 10.1. The van der Waals surface area contributed by atoms with Gasteiger partial charge in [0.25, 0.3) is 0 Å². The number of aryl methyl sites for hydroxylation is 1. The van der Waals surface area contributed by atoms with Gasteiger partial charge in [0.05, 0.1) is 12.3 Å². The van der Waals surface area contributed by atoms with Gasteiger partial charge < -0.3 is 4.84 Å². The summed E-state index contributed by atoms with van der Waals surface area (Å²) in [4.78, 5) is 4.80. The van der Waals surface area contributed by atoms with Crippen LogP contribution in [0.4, 0.5) is 0 Å². The third-order valence-corrected chi connectivity index (χ3v) is 4.61. The molecule has 6 heteroatoms. The summed E-state index contributed by atoms with van der Waals surface area (Å²) in [6.07, 6.45) is 0. The molecule has 0 aliphatic carbocycles. The number of hydrogen-bond acceptors (Lipinski definition) is 4. The van der Waals surface area contributed by atoms with E-state index in [0.717, 1.165) is 11.1 Å². The summed E-state index contributed by atoms with van der Waals surface area (Å²) >= 11 is 0. The third kappa shape index (κ3) is 4.33. The third-order valence-electron chi connectivity index (χ3n) is 2.80. The Morgan fingerprint density at radius 2 is 1.89 bits per heavy atom. The number of nitrogens with zero attached hydrogens (tertiary/aromatic N) is 2. The van der Waals surface area contributed by atoms with Crippen molar-refractivity contribution in [2.24, 2.45) is 5.16 Å². The van der Waals surface area contributed by atoms with E-state index in [-0.39, 0.29) is 12.3 Å². The minimum Gasteiger partial charge on any atom is -0.399 e. The fraction of sp³-hybridized carbons (Fsp3) is 0.462. The van der Waals surface area contributed by atoms with Crippen molar-refractivity contribution in [1.82, 2.24) is 4.31 Å². The topological polar surface area (TPSA) is 59.0 Å². The maximum absolute atomic E-state index is 11.8. The zero-order valence-electron chi connectivity index (χ0n) is 11.8. The average Bonchev–Trinajstić information content (AvgIpc) is 2.39. The molecular formula is C13H20N2O3S. The molecule has 0 aliphatic rings. The Hall–Kier alpha value is -1.40. The first-order valence-electron chi connectivity index (χ1n) is 6.01. The standard InChI is InChI=1S/C13H20N2O3S/c1-5-19(16,17)15(3)10-13(14-18-4)12-8-6-11(2)7-9-12/h6-9H,5,10H2,1-4H3/b14-13-. The van der Waals surface area contributed by atoms with Crippen LogP contribution in [-0.2, 0) is 14.9 Å². The van der Waals surface area contributed by atoms with Crippen LogP contribution < -0.4 is 0 Å². The Balaban J connectivity index is 2.98. The predicted molar refractivity (Wildman–Crippen MR) is 76.8 cm³/mol. The molecule has 0 unspecified atom stereocenters. The van der Waals surface area contributed by atoms with Crippen molar-refractivity contribution in [2.75, 3.05) is 26.5 Å². The van der Waals surface area contributed by atoms with Crippen LogP contribution in [0.15, 0.2) is 29.4 Å². The molecule has 1 aromatic carbocycles. The van der Waals surface area contributed by atoms with Gasteiger partial charge in [-0.05, 0) is 13.8 Å². The first-order valence-corrected chi connectivity index (χ1v) is 7.62. The van der Waals surface area contributed by atoms with Gasteiger partial charge in [0.2, 0.25) is 10.0 Å². The molecule has 0 bridgehead atoms. The molecule has 0 aliphatic heterocycles. The molecule has 1 rings (SSSR count). The predicted octanol–water partition coefficient (Wildman–Crippen LogP) is 1.63. The summed E-state index contributed by atoms with van der Waals surface area (Å²) in [6, 6.07) is 7.71. The zero-order chi connectivity index (χ0) is 14.5. The lowest BCUT2D eigenvalue weighted by Gasteiger charge is -2.17. The molecule has 0 heterocycles. The Morgan fingerprint density at radius 1 is 1.32 bits per heavy atom. The average molecular weight is 284 g/mol.